The summed E-state index contributed by atoms with van der Waals surface area (Å²) in [6.07, 6.45) is -0.0781. The van der Waals surface area contributed by atoms with Crippen LogP contribution in [0.2, 0.25) is 15.1 Å². The first-order chi connectivity index (χ1) is 27.9. The number of carbonyl (C=O) groups excluding carboxylic acids is 6. The highest BCUT2D eigenvalue weighted by Crippen LogP contribution is 2.40. The summed E-state index contributed by atoms with van der Waals surface area (Å²) in [5.41, 5.74) is -0.555. The molecule has 5 heterocycles. The predicted molar refractivity (Wildman–Crippen MR) is 231 cm³/mol. The summed E-state index contributed by atoms with van der Waals surface area (Å²) in [4.78, 5) is 71.5. The lowest BCUT2D eigenvalue weighted by atomic mass is 9.84. The minimum atomic E-state index is -0.630. The highest BCUT2D eigenvalue weighted by Gasteiger charge is 2.52. The number of hydrogen-bond donors (Lipinski definition) is 2. The number of Topliss-reactive ketones (excluding diaryl/α,β-unsaturated/α-hetero) is 4. The predicted octanol–water partition coefficient (Wildman–Crippen LogP) is 8.42. The van der Waals surface area contributed by atoms with Gasteiger partial charge in [-0.2, -0.15) is 0 Å². The second-order valence-corrected chi connectivity index (χ2v) is 18.4. The van der Waals surface area contributed by atoms with Crippen molar-refractivity contribution in [3.8, 4) is 17.2 Å². The van der Waals surface area contributed by atoms with Crippen molar-refractivity contribution < 1.29 is 52.8 Å². The molecule has 3 saturated heterocycles. The van der Waals surface area contributed by atoms with Crippen molar-refractivity contribution in [3.63, 3.8) is 0 Å². The van der Waals surface area contributed by atoms with Gasteiger partial charge >= 0.3 is 12.2 Å². The van der Waals surface area contributed by atoms with E-state index in [0.29, 0.717) is 57.2 Å². The zero-order valence-corrected chi connectivity index (χ0v) is 37.9. The summed E-state index contributed by atoms with van der Waals surface area (Å²) in [5, 5.41) is 13.8. The molecule has 0 aliphatic carbocycles. The fourth-order valence-electron chi connectivity index (χ4n) is 6.44. The standard InChI is InChI=1S/C16H18ClNO4.C11H10ClNO2.C8H7ClO2.C8H13NO3.ClH/c1-15(2,3)22-14(20)18-8-16(9-18)7-12(19)11-6-10(17)4-5-13(11)21-16;12-7-1-2-10-8(3-7)9(14)4-11(15-10)5-13-6-11;1-5(10)7-4-6(9)2-3-8(7)11;1-8(2,3)12-7(11)9-4-6(10)5-9;/h4-6H,7-9H2,1-3H3;1-3,13H,4-6H2;2-4,11H,1H3;4-5H2,1-3H3;1H. The normalized spacial score (nSPS) is 17.4. The van der Waals surface area contributed by atoms with Crippen LogP contribution in [0, 0.1) is 0 Å². The monoisotopic (exact) mass is 923 g/mol. The van der Waals surface area contributed by atoms with E-state index in [2.05, 4.69) is 5.32 Å². The first-order valence-electron chi connectivity index (χ1n) is 19.1. The van der Waals surface area contributed by atoms with Crippen LogP contribution in [0.1, 0.15) is 92.4 Å². The van der Waals surface area contributed by atoms with Crippen LogP contribution in [0.25, 0.3) is 0 Å². The van der Waals surface area contributed by atoms with Gasteiger partial charge in [0.2, 0.25) is 0 Å². The molecular formula is C43H49Cl4N3O11. The smallest absolute Gasteiger partial charge is 0.411 e. The van der Waals surface area contributed by atoms with Gasteiger partial charge in [0.15, 0.2) is 28.7 Å². The average molecular weight is 926 g/mol. The number of ether oxygens (including phenoxy) is 4. The van der Waals surface area contributed by atoms with Gasteiger partial charge in [-0.1, -0.05) is 34.8 Å². The number of carbonyl (C=O) groups is 6. The highest BCUT2D eigenvalue weighted by atomic mass is 35.5. The molecule has 18 heteroatoms. The Morgan fingerprint density at radius 3 is 1.52 bits per heavy atom. The molecule has 0 aromatic heterocycles. The number of phenolic OH excluding ortho intramolecular Hbond substituents is 1. The Bertz CT molecular complexity index is 2180. The lowest BCUT2D eigenvalue weighted by Gasteiger charge is -2.50. The van der Waals surface area contributed by atoms with Crippen molar-refractivity contribution in [1.82, 2.24) is 15.1 Å². The third-order valence-electron chi connectivity index (χ3n) is 9.33. The van der Waals surface area contributed by atoms with Gasteiger partial charge in [-0.25, -0.2) is 9.59 Å². The Balaban J connectivity index is 0.000000186. The lowest BCUT2D eigenvalue weighted by molar-refractivity contribution is -0.128. The fourth-order valence-corrected chi connectivity index (χ4v) is 6.96. The van der Waals surface area contributed by atoms with Crippen LogP contribution < -0.4 is 14.8 Å². The van der Waals surface area contributed by atoms with Crippen LogP contribution in [0.15, 0.2) is 54.6 Å². The first kappa shape index (κ1) is 49.1. The van der Waals surface area contributed by atoms with E-state index in [1.165, 1.54) is 30.0 Å². The number of ketones is 4. The summed E-state index contributed by atoms with van der Waals surface area (Å²) in [6, 6.07) is 14.6. The summed E-state index contributed by atoms with van der Waals surface area (Å²) in [6.45, 7) is 14.9. The number of halogens is 4. The lowest BCUT2D eigenvalue weighted by Crippen LogP contribution is -2.68. The molecule has 14 nitrogen and oxygen atoms in total. The molecule has 2 amide bonds. The molecule has 0 saturated carbocycles. The van der Waals surface area contributed by atoms with E-state index >= 15 is 0 Å². The summed E-state index contributed by atoms with van der Waals surface area (Å²) < 4.78 is 22.1. The molecule has 330 valence electrons. The fraction of sp³-hybridized carbons (Fsp3) is 0.442. The van der Waals surface area contributed by atoms with Crippen LogP contribution in [0.5, 0.6) is 17.2 Å². The summed E-state index contributed by atoms with van der Waals surface area (Å²) in [7, 11) is 0. The van der Waals surface area contributed by atoms with E-state index in [1.54, 1.807) is 62.1 Å². The number of amides is 2. The van der Waals surface area contributed by atoms with Crippen molar-refractivity contribution >= 4 is 82.5 Å². The van der Waals surface area contributed by atoms with Crippen molar-refractivity contribution in [2.75, 3.05) is 39.3 Å². The van der Waals surface area contributed by atoms with Crippen LogP contribution in [-0.2, 0) is 14.3 Å². The molecule has 5 aliphatic heterocycles. The van der Waals surface area contributed by atoms with Gasteiger partial charge in [0, 0.05) is 28.2 Å². The SMILES string of the molecule is CC(=O)c1cc(Cl)ccc1O.CC(C)(C)OC(=O)N1CC(=O)C1.CC(C)(C)OC(=O)N1CC2(CC(=O)c3cc(Cl)ccc3O2)C1.Cl.O=C1CC2(CNC2)Oc2ccc(Cl)cc21. The van der Waals surface area contributed by atoms with Gasteiger partial charge < -0.3 is 29.4 Å². The minimum Gasteiger partial charge on any atom is -0.507 e. The molecule has 8 rings (SSSR count). The van der Waals surface area contributed by atoms with Gasteiger partial charge in [0.1, 0.15) is 34.1 Å². The zero-order chi connectivity index (χ0) is 44.4. The second kappa shape index (κ2) is 19.2. The number of hydrogen-bond acceptors (Lipinski definition) is 12. The zero-order valence-electron chi connectivity index (χ0n) is 34.8. The molecular weight excluding hydrogens is 876 g/mol. The van der Waals surface area contributed by atoms with Gasteiger partial charge in [-0.15, -0.1) is 12.4 Å². The molecule has 2 spiro atoms. The maximum absolute atomic E-state index is 12.3. The van der Waals surface area contributed by atoms with Crippen molar-refractivity contribution in [2.24, 2.45) is 0 Å². The number of rotatable bonds is 1. The number of likely N-dealkylation sites (tertiary alicyclic amines) is 2. The van der Waals surface area contributed by atoms with Gasteiger partial charge in [-0.05, 0) is 103 Å². The van der Waals surface area contributed by atoms with E-state index in [-0.39, 0.29) is 78.1 Å². The number of benzene rings is 3. The Hall–Kier alpha value is -4.60. The van der Waals surface area contributed by atoms with E-state index in [1.807, 2.05) is 20.8 Å². The Morgan fingerprint density at radius 1 is 0.689 bits per heavy atom. The summed E-state index contributed by atoms with van der Waals surface area (Å²) in [5.74, 6) is 1.18. The Morgan fingerprint density at radius 2 is 1.11 bits per heavy atom. The molecule has 0 atom stereocenters. The molecule has 2 N–H and O–H groups in total. The van der Waals surface area contributed by atoms with E-state index < -0.39 is 22.9 Å². The van der Waals surface area contributed by atoms with Crippen LogP contribution >= 0.6 is 47.2 Å². The van der Waals surface area contributed by atoms with Crippen molar-refractivity contribution in [2.45, 2.75) is 83.7 Å². The number of nitrogens with zero attached hydrogens (tertiary/aromatic N) is 2. The third-order valence-corrected chi connectivity index (χ3v) is 10.0. The molecule has 3 aromatic rings. The van der Waals surface area contributed by atoms with Gasteiger partial charge in [-0.3, -0.25) is 29.0 Å². The maximum Gasteiger partial charge on any atom is 0.411 e. The minimum absolute atomic E-state index is 0. The Labute approximate surface area is 375 Å². The third kappa shape index (κ3) is 13.0. The number of fused-ring (bicyclic) bond motifs is 2. The van der Waals surface area contributed by atoms with Crippen LogP contribution in [-0.4, -0.2) is 112 Å². The van der Waals surface area contributed by atoms with Crippen molar-refractivity contribution in [3.05, 3.63) is 86.4 Å². The molecule has 61 heavy (non-hydrogen) atoms. The van der Waals surface area contributed by atoms with E-state index in [9.17, 15) is 28.8 Å². The van der Waals surface area contributed by atoms with Gasteiger partial charge in [0.05, 0.1) is 55.7 Å². The van der Waals surface area contributed by atoms with Crippen molar-refractivity contribution in [1.29, 1.82) is 0 Å². The molecule has 5 aliphatic rings. The quantitative estimate of drug-likeness (QED) is 0.223. The highest BCUT2D eigenvalue weighted by molar-refractivity contribution is 6.31. The van der Waals surface area contributed by atoms with Crippen LogP contribution in [0.3, 0.4) is 0 Å². The molecule has 0 bridgehead atoms. The van der Waals surface area contributed by atoms with Gasteiger partial charge in [0.25, 0.3) is 0 Å². The number of nitrogens with one attached hydrogen (secondary N) is 1. The number of aromatic hydroxyl groups is 1. The Kier molecular flexibility index (Phi) is 15.4. The van der Waals surface area contributed by atoms with E-state index in [4.69, 9.17) is 58.9 Å². The largest absolute Gasteiger partial charge is 0.507 e. The summed E-state index contributed by atoms with van der Waals surface area (Å²) >= 11 is 17.3. The maximum atomic E-state index is 12.3. The molecule has 0 unspecified atom stereocenters. The molecule has 3 fully saturated rings. The van der Waals surface area contributed by atoms with E-state index in [0.717, 1.165) is 13.1 Å². The van der Waals surface area contributed by atoms with Crippen LogP contribution in [0.4, 0.5) is 9.59 Å². The molecule has 3 aromatic carbocycles. The topological polar surface area (TPSA) is 178 Å². The molecule has 0 radical (unpaired) electrons. The second-order valence-electron chi connectivity index (χ2n) is 17.1. The first-order valence-corrected chi connectivity index (χ1v) is 20.2. The number of phenols is 1. The average Bonchev–Trinajstić information content (AvgIpc) is 3.09.